The Morgan fingerprint density at radius 1 is 1.20 bits per heavy atom. The molecule has 0 saturated carbocycles. The maximum atomic E-state index is 12.2. The van der Waals surface area contributed by atoms with Gasteiger partial charge in [0.05, 0.1) is 10.7 Å². The van der Waals surface area contributed by atoms with E-state index < -0.39 is 10.1 Å². The van der Waals surface area contributed by atoms with Gasteiger partial charge in [-0.05, 0) is 37.1 Å². The lowest BCUT2D eigenvalue weighted by Gasteiger charge is -2.27. The van der Waals surface area contributed by atoms with E-state index in [0.29, 0.717) is 28.7 Å². The van der Waals surface area contributed by atoms with Crippen molar-refractivity contribution in [1.82, 2.24) is 4.90 Å². The third-order valence-corrected chi connectivity index (χ3v) is 6.78. The van der Waals surface area contributed by atoms with Crippen molar-refractivity contribution in [2.24, 2.45) is 0 Å². The van der Waals surface area contributed by atoms with Crippen LogP contribution in [-0.4, -0.2) is 46.9 Å². The molecule has 9 heteroatoms. The van der Waals surface area contributed by atoms with E-state index >= 15 is 0 Å². The molecule has 158 valence electrons. The Balaban J connectivity index is 1.73. The van der Waals surface area contributed by atoms with Gasteiger partial charge in [-0.2, -0.15) is 8.42 Å². The second kappa shape index (κ2) is 9.74. The molecule has 0 aliphatic carbocycles. The molecule has 0 atom stereocenters. The Bertz CT molecular complexity index is 1070. The van der Waals surface area contributed by atoms with Crippen LogP contribution in [0.1, 0.15) is 18.9 Å². The topological polar surface area (TPSA) is 77.9 Å². The van der Waals surface area contributed by atoms with Crippen molar-refractivity contribution in [3.63, 3.8) is 0 Å². The highest BCUT2D eigenvalue weighted by atomic mass is 32.2. The number of carbonyl (C=O) groups excluding carboxylic acids is 1. The molecular formula is C21H22N2O4S3. The summed E-state index contributed by atoms with van der Waals surface area (Å²) in [5, 5.41) is 0. The van der Waals surface area contributed by atoms with Crippen LogP contribution in [0, 0.1) is 0 Å². The predicted octanol–water partition coefficient (Wildman–Crippen LogP) is 4.00. The minimum absolute atomic E-state index is 0.0618. The quantitative estimate of drug-likeness (QED) is 0.373. The van der Waals surface area contributed by atoms with Crippen molar-refractivity contribution in [3.8, 4) is 0 Å². The Labute approximate surface area is 186 Å². The van der Waals surface area contributed by atoms with Crippen molar-refractivity contribution in [1.29, 1.82) is 0 Å². The molecule has 0 spiro atoms. The summed E-state index contributed by atoms with van der Waals surface area (Å²) in [6.45, 7) is 2.95. The molecule has 1 saturated heterocycles. The molecule has 1 aromatic carbocycles. The fraction of sp³-hybridized carbons (Fsp3) is 0.238. The normalized spacial score (nSPS) is 19.5. The number of benzene rings is 1. The van der Waals surface area contributed by atoms with Gasteiger partial charge in [0.1, 0.15) is 4.32 Å². The van der Waals surface area contributed by atoms with Crippen LogP contribution in [0.2, 0.25) is 0 Å². The van der Waals surface area contributed by atoms with Crippen molar-refractivity contribution >= 4 is 55.6 Å². The highest BCUT2D eigenvalue weighted by molar-refractivity contribution is 8.26. The van der Waals surface area contributed by atoms with Crippen LogP contribution in [0.4, 0.5) is 5.69 Å². The summed E-state index contributed by atoms with van der Waals surface area (Å²) < 4.78 is 31.4. The van der Waals surface area contributed by atoms with Gasteiger partial charge in [-0.1, -0.05) is 60.4 Å². The molecule has 2 aliphatic rings. The smallest absolute Gasteiger partial charge is 0.266 e. The maximum Gasteiger partial charge on any atom is 0.266 e. The lowest BCUT2D eigenvalue weighted by molar-refractivity contribution is -0.122. The van der Waals surface area contributed by atoms with Crippen LogP contribution in [0.3, 0.4) is 0 Å². The van der Waals surface area contributed by atoms with E-state index in [9.17, 15) is 13.2 Å². The van der Waals surface area contributed by atoms with Gasteiger partial charge in [0.25, 0.3) is 16.0 Å². The fourth-order valence-electron chi connectivity index (χ4n) is 3.16. The van der Waals surface area contributed by atoms with Gasteiger partial charge in [-0.25, -0.2) is 0 Å². The molecule has 0 unspecified atom stereocenters. The van der Waals surface area contributed by atoms with Gasteiger partial charge in [-0.15, -0.1) is 0 Å². The third kappa shape index (κ3) is 5.48. The summed E-state index contributed by atoms with van der Waals surface area (Å²) >= 11 is 6.52. The Morgan fingerprint density at radius 2 is 1.93 bits per heavy atom. The number of amides is 1. The lowest BCUT2D eigenvalue weighted by Crippen LogP contribution is -2.27. The third-order valence-electron chi connectivity index (χ3n) is 4.58. The SMILES string of the molecule is CCN1C(=O)/C(=C/C=C/C=C2/C=CN(CCCS(=O)(=O)O)c3ccccc32)SC1=S. The molecule has 0 bridgehead atoms. The lowest BCUT2D eigenvalue weighted by atomic mass is 9.99. The molecule has 2 aliphatic heterocycles. The first-order chi connectivity index (χ1) is 14.3. The largest absolute Gasteiger partial charge is 0.347 e. The number of hydrogen-bond acceptors (Lipinski definition) is 6. The molecule has 1 fully saturated rings. The second-order valence-electron chi connectivity index (χ2n) is 6.62. The number of allylic oxidation sites excluding steroid dienone is 6. The highest BCUT2D eigenvalue weighted by Crippen LogP contribution is 2.33. The zero-order chi connectivity index (χ0) is 21.7. The predicted molar refractivity (Wildman–Crippen MR) is 127 cm³/mol. The van der Waals surface area contributed by atoms with E-state index in [1.165, 1.54) is 11.8 Å². The summed E-state index contributed by atoms with van der Waals surface area (Å²) in [6, 6.07) is 7.85. The fourth-order valence-corrected chi connectivity index (χ4v) is 4.98. The van der Waals surface area contributed by atoms with Crippen molar-refractivity contribution in [2.75, 3.05) is 23.7 Å². The Hall–Kier alpha value is -2.20. The minimum Gasteiger partial charge on any atom is -0.347 e. The van der Waals surface area contributed by atoms with E-state index in [4.69, 9.17) is 16.8 Å². The Kier molecular flexibility index (Phi) is 7.30. The first-order valence-corrected chi connectivity index (χ1v) is 12.3. The average Bonchev–Trinajstić information content (AvgIpc) is 2.98. The molecule has 0 aromatic heterocycles. The van der Waals surface area contributed by atoms with Crippen molar-refractivity contribution < 1.29 is 17.8 Å². The zero-order valence-electron chi connectivity index (χ0n) is 16.4. The van der Waals surface area contributed by atoms with Gasteiger partial charge >= 0.3 is 0 Å². The van der Waals surface area contributed by atoms with Crippen LogP contribution in [-0.2, 0) is 14.9 Å². The summed E-state index contributed by atoms with van der Waals surface area (Å²) in [4.78, 5) is 16.4. The Morgan fingerprint density at radius 3 is 2.63 bits per heavy atom. The summed E-state index contributed by atoms with van der Waals surface area (Å²) in [5.74, 6) is -0.330. The van der Waals surface area contributed by atoms with Gasteiger partial charge in [-0.3, -0.25) is 14.2 Å². The molecular weight excluding hydrogens is 440 g/mol. The monoisotopic (exact) mass is 462 g/mol. The molecule has 0 radical (unpaired) electrons. The number of rotatable bonds is 7. The number of fused-ring (bicyclic) bond motifs is 1. The number of thiocarbonyl (C=S) groups is 1. The number of carbonyl (C=O) groups is 1. The molecule has 2 heterocycles. The van der Waals surface area contributed by atoms with E-state index in [-0.39, 0.29) is 11.7 Å². The van der Waals surface area contributed by atoms with Crippen LogP contribution < -0.4 is 4.90 Å². The van der Waals surface area contributed by atoms with Crippen LogP contribution in [0.15, 0.2) is 65.8 Å². The maximum absolute atomic E-state index is 12.2. The minimum atomic E-state index is -3.96. The highest BCUT2D eigenvalue weighted by Gasteiger charge is 2.29. The van der Waals surface area contributed by atoms with Crippen molar-refractivity contribution in [3.05, 3.63) is 71.3 Å². The van der Waals surface area contributed by atoms with Gasteiger partial charge in [0.15, 0.2) is 0 Å². The number of anilines is 1. The first kappa shape index (κ1) is 22.5. The van der Waals surface area contributed by atoms with E-state index in [1.807, 2.05) is 66.6 Å². The second-order valence-corrected chi connectivity index (χ2v) is 9.87. The van der Waals surface area contributed by atoms with E-state index in [0.717, 1.165) is 16.8 Å². The molecule has 1 aromatic rings. The van der Waals surface area contributed by atoms with Crippen LogP contribution >= 0.6 is 24.0 Å². The van der Waals surface area contributed by atoms with Crippen LogP contribution in [0.25, 0.3) is 5.57 Å². The number of likely N-dealkylation sites (N-methyl/N-ethyl adjacent to an activating group) is 1. The number of nitrogens with zero attached hydrogens (tertiary/aromatic N) is 2. The number of thioether (sulfide) groups is 1. The zero-order valence-corrected chi connectivity index (χ0v) is 18.8. The molecule has 30 heavy (non-hydrogen) atoms. The van der Waals surface area contributed by atoms with Gasteiger partial charge in [0, 0.05) is 30.5 Å². The van der Waals surface area contributed by atoms with Crippen molar-refractivity contribution in [2.45, 2.75) is 13.3 Å². The number of para-hydroxylation sites is 1. The van der Waals surface area contributed by atoms with Crippen LogP contribution in [0.5, 0.6) is 0 Å². The van der Waals surface area contributed by atoms with E-state index in [1.54, 1.807) is 11.0 Å². The summed E-state index contributed by atoms with van der Waals surface area (Å²) in [5.41, 5.74) is 3.00. The summed E-state index contributed by atoms with van der Waals surface area (Å²) in [6.07, 6.45) is 11.6. The summed E-state index contributed by atoms with van der Waals surface area (Å²) in [7, 11) is -3.96. The van der Waals surface area contributed by atoms with E-state index in [2.05, 4.69) is 0 Å². The van der Waals surface area contributed by atoms with Gasteiger partial charge in [0.2, 0.25) is 0 Å². The molecule has 1 N–H and O–H groups in total. The number of hydrogen-bond donors (Lipinski definition) is 1. The molecule has 1 amide bonds. The first-order valence-electron chi connectivity index (χ1n) is 9.42. The molecule has 6 nitrogen and oxygen atoms in total. The molecule has 3 rings (SSSR count). The van der Waals surface area contributed by atoms with Gasteiger partial charge < -0.3 is 4.90 Å². The standard InChI is InChI=1S/C21H22N2O4S3/c1-2-23-20(24)19(29-21(23)28)11-6-3-8-16-12-14-22(13-7-15-30(25,26)27)18-10-5-4-9-17(16)18/h3-6,8-12,14H,2,7,13,15H2,1H3,(H,25,26,27)/b6-3+,16-8-,19-11-. The average molecular weight is 463 g/mol.